The molecule has 2 N–H and O–H groups in total. The Balaban J connectivity index is 1.77. The fourth-order valence-corrected chi connectivity index (χ4v) is 2.66. The molecule has 2 unspecified atom stereocenters. The van der Waals surface area contributed by atoms with Crippen molar-refractivity contribution in [2.75, 3.05) is 39.3 Å². The van der Waals surface area contributed by atoms with Gasteiger partial charge in [0.2, 0.25) is 5.91 Å². The molecule has 6 heteroatoms. The van der Waals surface area contributed by atoms with Crippen LogP contribution in [0.5, 0.6) is 0 Å². The zero-order valence-electron chi connectivity index (χ0n) is 12.2. The summed E-state index contributed by atoms with van der Waals surface area (Å²) in [6.07, 6.45) is 2.03. The first-order valence-electron chi connectivity index (χ1n) is 7.50. The lowest BCUT2D eigenvalue weighted by molar-refractivity contribution is -0.146. The van der Waals surface area contributed by atoms with Crippen LogP contribution in [0.2, 0.25) is 0 Å². The lowest BCUT2D eigenvalue weighted by Gasteiger charge is -2.36. The molecule has 0 aromatic carbocycles. The van der Waals surface area contributed by atoms with Crippen LogP contribution >= 0.6 is 0 Å². The maximum atomic E-state index is 12.2. The Kier molecular flexibility index (Phi) is 5.37. The summed E-state index contributed by atoms with van der Waals surface area (Å²) in [5.41, 5.74) is 5.54. The third-order valence-corrected chi connectivity index (χ3v) is 4.07. The van der Waals surface area contributed by atoms with Crippen molar-refractivity contribution < 1.29 is 14.3 Å². The summed E-state index contributed by atoms with van der Waals surface area (Å²) in [6, 6.07) is 0. The molecule has 0 aliphatic carbocycles. The first-order chi connectivity index (χ1) is 9.61. The van der Waals surface area contributed by atoms with Crippen LogP contribution < -0.4 is 5.73 Å². The summed E-state index contributed by atoms with van der Waals surface area (Å²) in [7, 11) is 0. The fraction of sp³-hybridized carbons (Fsp3) is 0.857. The molecule has 2 fully saturated rings. The van der Waals surface area contributed by atoms with Gasteiger partial charge in [0.25, 0.3) is 5.91 Å². The van der Waals surface area contributed by atoms with Crippen molar-refractivity contribution in [3.8, 4) is 0 Å². The van der Waals surface area contributed by atoms with Crippen LogP contribution in [0.15, 0.2) is 0 Å². The Morgan fingerprint density at radius 2 is 1.90 bits per heavy atom. The molecule has 2 heterocycles. The van der Waals surface area contributed by atoms with E-state index in [0.29, 0.717) is 45.8 Å². The van der Waals surface area contributed by atoms with Gasteiger partial charge in [0.05, 0.1) is 0 Å². The molecule has 0 spiro atoms. The Bertz CT molecular complexity index is 348. The lowest BCUT2D eigenvalue weighted by Crippen LogP contribution is -2.53. The molecule has 20 heavy (non-hydrogen) atoms. The Labute approximate surface area is 120 Å². The van der Waals surface area contributed by atoms with Crippen molar-refractivity contribution in [1.82, 2.24) is 9.80 Å². The molecule has 0 saturated carbocycles. The van der Waals surface area contributed by atoms with Crippen LogP contribution in [0.25, 0.3) is 0 Å². The number of piperazine rings is 1. The number of hydrogen-bond donors (Lipinski definition) is 1. The Morgan fingerprint density at radius 3 is 2.45 bits per heavy atom. The molecule has 2 amide bonds. The van der Waals surface area contributed by atoms with E-state index < -0.39 is 0 Å². The second kappa shape index (κ2) is 7.04. The van der Waals surface area contributed by atoms with Gasteiger partial charge in [-0.1, -0.05) is 6.92 Å². The van der Waals surface area contributed by atoms with Gasteiger partial charge in [-0.3, -0.25) is 9.59 Å². The number of amides is 2. The summed E-state index contributed by atoms with van der Waals surface area (Å²) in [5.74, 6) is 0.450. The van der Waals surface area contributed by atoms with E-state index in [4.69, 9.17) is 10.5 Å². The van der Waals surface area contributed by atoms with Crippen molar-refractivity contribution in [1.29, 1.82) is 0 Å². The standard InChI is InChI=1S/C14H25N3O3/c1-11(10-15)9-13(18)16-4-6-17(7-5-16)14(19)12-3-2-8-20-12/h11-12H,2-10,15H2,1H3. The molecule has 2 rings (SSSR count). The van der Waals surface area contributed by atoms with Gasteiger partial charge in [-0.25, -0.2) is 0 Å². The highest BCUT2D eigenvalue weighted by molar-refractivity contribution is 5.82. The van der Waals surface area contributed by atoms with Crippen LogP contribution in [0.3, 0.4) is 0 Å². The minimum Gasteiger partial charge on any atom is -0.368 e. The SMILES string of the molecule is CC(CN)CC(=O)N1CCN(C(=O)C2CCCO2)CC1. The van der Waals surface area contributed by atoms with Gasteiger partial charge in [-0.15, -0.1) is 0 Å². The summed E-state index contributed by atoms with van der Waals surface area (Å²) >= 11 is 0. The van der Waals surface area contributed by atoms with Crippen molar-refractivity contribution in [2.24, 2.45) is 11.7 Å². The van der Waals surface area contributed by atoms with Crippen molar-refractivity contribution in [3.05, 3.63) is 0 Å². The predicted octanol–water partition coefficient (Wildman–Crippen LogP) is -0.179. The quantitative estimate of drug-likeness (QED) is 0.776. The van der Waals surface area contributed by atoms with E-state index in [0.717, 1.165) is 12.8 Å². The normalized spacial score (nSPS) is 24.8. The van der Waals surface area contributed by atoms with Gasteiger partial charge < -0.3 is 20.3 Å². The Morgan fingerprint density at radius 1 is 1.25 bits per heavy atom. The van der Waals surface area contributed by atoms with Gasteiger partial charge in [-0.05, 0) is 25.3 Å². The number of nitrogens with zero attached hydrogens (tertiary/aromatic N) is 2. The van der Waals surface area contributed by atoms with E-state index in [1.807, 2.05) is 16.7 Å². The van der Waals surface area contributed by atoms with Gasteiger partial charge in [0.1, 0.15) is 6.10 Å². The smallest absolute Gasteiger partial charge is 0.251 e. The third-order valence-electron chi connectivity index (χ3n) is 4.07. The molecule has 114 valence electrons. The summed E-state index contributed by atoms with van der Waals surface area (Å²) in [6.45, 7) is 5.66. The largest absolute Gasteiger partial charge is 0.368 e. The Hall–Kier alpha value is -1.14. The minimum absolute atomic E-state index is 0.0879. The summed E-state index contributed by atoms with van der Waals surface area (Å²) in [4.78, 5) is 27.9. The molecule has 2 aliphatic rings. The van der Waals surface area contributed by atoms with Gasteiger partial charge in [0.15, 0.2) is 0 Å². The monoisotopic (exact) mass is 283 g/mol. The van der Waals surface area contributed by atoms with Gasteiger partial charge in [-0.2, -0.15) is 0 Å². The second-order valence-electron chi connectivity index (χ2n) is 5.75. The van der Waals surface area contributed by atoms with Crippen LogP contribution in [0.1, 0.15) is 26.2 Å². The van der Waals surface area contributed by atoms with E-state index in [1.54, 1.807) is 0 Å². The number of ether oxygens (including phenoxy) is 1. The summed E-state index contributed by atoms with van der Waals surface area (Å²) in [5, 5.41) is 0. The maximum absolute atomic E-state index is 12.2. The first kappa shape index (κ1) is 15.3. The minimum atomic E-state index is -0.255. The summed E-state index contributed by atoms with van der Waals surface area (Å²) < 4.78 is 5.42. The fourth-order valence-electron chi connectivity index (χ4n) is 2.66. The average Bonchev–Trinajstić information content (AvgIpc) is 3.00. The highest BCUT2D eigenvalue weighted by Crippen LogP contribution is 2.16. The van der Waals surface area contributed by atoms with Crippen LogP contribution in [0, 0.1) is 5.92 Å². The van der Waals surface area contributed by atoms with E-state index in [2.05, 4.69) is 0 Å². The molecular formula is C14H25N3O3. The van der Waals surface area contributed by atoms with E-state index in [9.17, 15) is 9.59 Å². The first-order valence-corrected chi connectivity index (χ1v) is 7.50. The lowest BCUT2D eigenvalue weighted by atomic mass is 10.1. The van der Waals surface area contributed by atoms with Crippen molar-refractivity contribution >= 4 is 11.8 Å². The zero-order valence-corrected chi connectivity index (χ0v) is 12.2. The molecule has 0 bridgehead atoms. The molecule has 0 radical (unpaired) electrons. The molecule has 0 aromatic rings. The molecule has 0 aromatic heterocycles. The van der Waals surface area contributed by atoms with E-state index in [1.165, 1.54) is 0 Å². The van der Waals surface area contributed by atoms with Crippen LogP contribution in [-0.2, 0) is 14.3 Å². The van der Waals surface area contributed by atoms with E-state index in [-0.39, 0.29) is 23.8 Å². The number of nitrogens with two attached hydrogens (primary N) is 1. The third kappa shape index (κ3) is 3.70. The molecule has 2 saturated heterocycles. The number of carbonyl (C=O) groups excluding carboxylic acids is 2. The predicted molar refractivity (Wildman–Crippen MR) is 75.0 cm³/mol. The van der Waals surface area contributed by atoms with E-state index >= 15 is 0 Å². The molecular weight excluding hydrogens is 258 g/mol. The highest BCUT2D eigenvalue weighted by Gasteiger charge is 2.31. The van der Waals surface area contributed by atoms with Gasteiger partial charge >= 0.3 is 0 Å². The number of rotatable bonds is 4. The van der Waals surface area contributed by atoms with Crippen LogP contribution in [-0.4, -0.2) is 67.0 Å². The van der Waals surface area contributed by atoms with Crippen LogP contribution in [0.4, 0.5) is 0 Å². The number of hydrogen-bond acceptors (Lipinski definition) is 4. The van der Waals surface area contributed by atoms with Gasteiger partial charge in [0, 0.05) is 39.2 Å². The molecule has 6 nitrogen and oxygen atoms in total. The zero-order chi connectivity index (χ0) is 14.5. The van der Waals surface area contributed by atoms with Crippen molar-refractivity contribution in [2.45, 2.75) is 32.3 Å². The molecule has 2 aliphatic heterocycles. The maximum Gasteiger partial charge on any atom is 0.251 e. The second-order valence-corrected chi connectivity index (χ2v) is 5.75. The highest BCUT2D eigenvalue weighted by atomic mass is 16.5. The van der Waals surface area contributed by atoms with Crippen molar-refractivity contribution in [3.63, 3.8) is 0 Å². The number of carbonyl (C=O) groups is 2. The molecule has 2 atom stereocenters. The topological polar surface area (TPSA) is 75.9 Å². The average molecular weight is 283 g/mol.